The number of halogens is 2. The van der Waals surface area contributed by atoms with Crippen molar-refractivity contribution in [3.8, 4) is 11.8 Å². The van der Waals surface area contributed by atoms with Gasteiger partial charge in [-0.15, -0.1) is 0 Å². The number of benzene rings is 1. The number of nitriles is 1. The quantitative estimate of drug-likeness (QED) is 0.762. The first-order chi connectivity index (χ1) is 8.77. The van der Waals surface area contributed by atoms with Crippen LogP contribution in [0.25, 0.3) is 0 Å². The number of ether oxygens (including phenoxy) is 1. The molecule has 1 atom stereocenters. The van der Waals surface area contributed by atoms with E-state index < -0.39 is 13.9 Å². The van der Waals surface area contributed by atoms with E-state index in [1.54, 1.807) is 12.1 Å². The summed E-state index contributed by atoms with van der Waals surface area (Å²) in [6.45, 7) is 6.56. The minimum absolute atomic E-state index is 0.409. The second kappa shape index (κ2) is 4.99. The van der Waals surface area contributed by atoms with Gasteiger partial charge in [-0.2, -0.15) is 5.26 Å². The van der Waals surface area contributed by atoms with Gasteiger partial charge in [0.2, 0.25) is 0 Å². The molecule has 2 rings (SSSR count). The molecule has 1 aliphatic rings. The van der Waals surface area contributed by atoms with Crippen molar-refractivity contribution in [2.75, 3.05) is 6.61 Å². The van der Waals surface area contributed by atoms with Crippen molar-refractivity contribution in [2.24, 2.45) is 0 Å². The lowest BCUT2D eigenvalue weighted by Crippen LogP contribution is -2.43. The minimum atomic E-state index is -1.91. The van der Waals surface area contributed by atoms with E-state index in [4.69, 9.17) is 32.4 Å². The first-order valence-corrected chi connectivity index (χ1v) is 10.2. The Labute approximate surface area is 124 Å². The Morgan fingerprint density at radius 3 is 2.63 bits per heavy atom. The van der Waals surface area contributed by atoms with Crippen LogP contribution in [-0.2, 0) is 10.0 Å². The van der Waals surface area contributed by atoms with Crippen LogP contribution in [0.4, 0.5) is 0 Å². The minimum Gasteiger partial charge on any atom is -0.491 e. The molecule has 0 bridgehead atoms. The summed E-state index contributed by atoms with van der Waals surface area (Å²) in [5.74, 6) is 0.511. The van der Waals surface area contributed by atoms with E-state index in [2.05, 4.69) is 6.07 Å². The summed E-state index contributed by atoms with van der Waals surface area (Å²) in [5.41, 5.74) is -0.367. The van der Waals surface area contributed by atoms with Crippen LogP contribution >= 0.6 is 23.2 Å². The maximum atomic E-state index is 9.64. The third kappa shape index (κ3) is 2.90. The molecule has 6 heteroatoms. The lowest BCUT2D eigenvalue weighted by atomic mass is 9.89. The van der Waals surface area contributed by atoms with Crippen LogP contribution in [0.1, 0.15) is 12.0 Å². The Morgan fingerprint density at radius 1 is 1.37 bits per heavy atom. The van der Waals surface area contributed by atoms with Crippen molar-refractivity contribution >= 4 is 31.5 Å². The third-order valence-corrected chi connectivity index (χ3v) is 4.26. The molecule has 0 aliphatic carbocycles. The predicted molar refractivity (Wildman–Crippen MR) is 78.3 cm³/mol. The van der Waals surface area contributed by atoms with Crippen LogP contribution < -0.4 is 4.74 Å². The second-order valence-corrected chi connectivity index (χ2v) is 10.8. The molecule has 102 valence electrons. The third-order valence-electron chi connectivity index (χ3n) is 2.80. The van der Waals surface area contributed by atoms with Crippen molar-refractivity contribution in [3.05, 3.63) is 27.7 Å². The fourth-order valence-corrected chi connectivity index (χ4v) is 4.06. The van der Waals surface area contributed by atoms with E-state index in [9.17, 15) is 5.26 Å². The van der Waals surface area contributed by atoms with Gasteiger partial charge in [0.1, 0.15) is 11.8 Å². The topological polar surface area (TPSA) is 42.2 Å². The summed E-state index contributed by atoms with van der Waals surface area (Å²) in [4.78, 5) is 0. The van der Waals surface area contributed by atoms with Crippen molar-refractivity contribution < 1.29 is 9.16 Å². The van der Waals surface area contributed by atoms with E-state index in [1.807, 2.05) is 19.6 Å². The van der Waals surface area contributed by atoms with Crippen molar-refractivity contribution in [2.45, 2.75) is 31.7 Å². The molecule has 0 N–H and O–H groups in total. The van der Waals surface area contributed by atoms with Gasteiger partial charge >= 0.3 is 0 Å². The monoisotopic (exact) mass is 315 g/mol. The van der Waals surface area contributed by atoms with Gasteiger partial charge in [0.05, 0.1) is 11.6 Å². The van der Waals surface area contributed by atoms with Gasteiger partial charge in [-0.3, -0.25) is 0 Å². The second-order valence-electron chi connectivity index (χ2n) is 5.52. The Bertz CT molecular complexity index is 551. The average molecular weight is 316 g/mol. The normalized spacial score (nSPS) is 22.3. The molecule has 0 radical (unpaired) electrons. The van der Waals surface area contributed by atoms with E-state index >= 15 is 0 Å². The molecule has 0 fully saturated rings. The lowest BCUT2D eigenvalue weighted by molar-refractivity contribution is 0.0665. The molecule has 1 heterocycles. The first kappa shape index (κ1) is 14.7. The van der Waals surface area contributed by atoms with Crippen LogP contribution in [0.3, 0.4) is 0 Å². The van der Waals surface area contributed by atoms with Gasteiger partial charge in [-0.1, -0.05) is 23.2 Å². The molecule has 1 unspecified atom stereocenters. The fourth-order valence-electron chi connectivity index (χ4n) is 2.21. The molecule has 0 saturated heterocycles. The molecule has 3 nitrogen and oxygen atoms in total. The Balaban J connectivity index is 2.60. The predicted octanol–water partition coefficient (Wildman–Crippen LogP) is 4.35. The highest BCUT2D eigenvalue weighted by atomic mass is 35.5. The molecular formula is C13H15Cl2NO2Si. The van der Waals surface area contributed by atoms with Crippen molar-refractivity contribution in [3.63, 3.8) is 0 Å². The summed E-state index contributed by atoms with van der Waals surface area (Å²) in [5, 5.41) is 10.5. The van der Waals surface area contributed by atoms with Gasteiger partial charge in [0.15, 0.2) is 13.9 Å². The van der Waals surface area contributed by atoms with Gasteiger partial charge in [0.25, 0.3) is 0 Å². The molecule has 0 saturated carbocycles. The Kier molecular flexibility index (Phi) is 3.85. The van der Waals surface area contributed by atoms with Gasteiger partial charge < -0.3 is 9.16 Å². The molecular weight excluding hydrogens is 301 g/mol. The van der Waals surface area contributed by atoms with Crippen LogP contribution in [-0.4, -0.2) is 14.9 Å². The Morgan fingerprint density at radius 2 is 2.05 bits per heavy atom. The molecule has 1 aromatic rings. The van der Waals surface area contributed by atoms with Crippen LogP contribution in [0.2, 0.25) is 29.7 Å². The largest absolute Gasteiger partial charge is 0.491 e. The van der Waals surface area contributed by atoms with Crippen molar-refractivity contribution in [1.82, 2.24) is 0 Å². The number of nitrogens with zero attached hydrogens (tertiary/aromatic N) is 1. The summed E-state index contributed by atoms with van der Waals surface area (Å²) < 4.78 is 11.7. The van der Waals surface area contributed by atoms with Gasteiger partial charge in [0, 0.05) is 17.0 Å². The molecule has 1 aromatic carbocycles. The number of fused-ring (bicyclic) bond motifs is 1. The highest BCUT2D eigenvalue weighted by Gasteiger charge is 2.43. The van der Waals surface area contributed by atoms with Crippen molar-refractivity contribution in [1.29, 1.82) is 5.26 Å². The van der Waals surface area contributed by atoms with E-state index in [-0.39, 0.29) is 0 Å². The number of hydrogen-bond donors (Lipinski definition) is 0. The summed E-state index contributed by atoms with van der Waals surface area (Å²) in [6.07, 6.45) is 0.484. The Hall–Kier alpha value is -0.733. The van der Waals surface area contributed by atoms with E-state index in [1.165, 1.54) is 0 Å². The summed E-state index contributed by atoms with van der Waals surface area (Å²) in [7, 11) is -1.91. The average Bonchev–Trinajstić information content (AvgIpc) is 2.28. The van der Waals surface area contributed by atoms with Crippen LogP contribution in [0.15, 0.2) is 12.1 Å². The maximum absolute atomic E-state index is 9.64. The summed E-state index contributed by atoms with van der Waals surface area (Å²) >= 11 is 12.2. The van der Waals surface area contributed by atoms with E-state index in [0.29, 0.717) is 34.4 Å². The lowest BCUT2D eigenvalue weighted by Gasteiger charge is -2.38. The zero-order chi connectivity index (χ0) is 14.3. The highest BCUT2D eigenvalue weighted by Crippen LogP contribution is 2.45. The fraction of sp³-hybridized carbons (Fsp3) is 0.462. The smallest absolute Gasteiger partial charge is 0.186 e. The number of hydrogen-bond acceptors (Lipinski definition) is 3. The van der Waals surface area contributed by atoms with Crippen LogP contribution in [0, 0.1) is 11.3 Å². The molecule has 0 spiro atoms. The molecule has 1 aliphatic heterocycles. The highest BCUT2D eigenvalue weighted by molar-refractivity contribution is 6.69. The summed E-state index contributed by atoms with van der Waals surface area (Å²) in [6, 6.07) is 5.63. The standard InChI is InChI=1S/C13H15Cl2NO2Si/c1-19(2,3)18-13(8-16)4-5-17-12-10(13)6-9(14)7-11(12)15/h6-7H,4-5H2,1-3H3. The molecule has 0 aromatic heterocycles. The number of rotatable bonds is 2. The zero-order valence-electron chi connectivity index (χ0n) is 11.1. The van der Waals surface area contributed by atoms with E-state index in [0.717, 1.165) is 0 Å². The van der Waals surface area contributed by atoms with Gasteiger partial charge in [-0.25, -0.2) is 0 Å². The molecule has 0 amide bonds. The zero-order valence-corrected chi connectivity index (χ0v) is 13.6. The molecule has 19 heavy (non-hydrogen) atoms. The van der Waals surface area contributed by atoms with Gasteiger partial charge in [-0.05, 0) is 31.8 Å². The van der Waals surface area contributed by atoms with Crippen LogP contribution in [0.5, 0.6) is 5.75 Å². The maximum Gasteiger partial charge on any atom is 0.186 e. The SMILES string of the molecule is C[Si](C)(C)OC1(C#N)CCOc2c(Cl)cc(Cl)cc21. The first-order valence-electron chi connectivity index (χ1n) is 6.01.